The van der Waals surface area contributed by atoms with E-state index in [1.165, 1.54) is 6.08 Å². The van der Waals surface area contributed by atoms with E-state index in [-0.39, 0.29) is 32.6 Å². The first kappa shape index (κ1) is 24.7. The van der Waals surface area contributed by atoms with Gasteiger partial charge >= 0.3 is 0 Å². The van der Waals surface area contributed by atoms with E-state index < -0.39 is 15.7 Å². The lowest BCUT2D eigenvalue weighted by Gasteiger charge is -2.20. The molecule has 0 radical (unpaired) electrons. The van der Waals surface area contributed by atoms with Crippen molar-refractivity contribution in [3.63, 3.8) is 0 Å². The van der Waals surface area contributed by atoms with Gasteiger partial charge in [-0.3, -0.25) is 10.2 Å². The van der Waals surface area contributed by atoms with Crippen molar-refractivity contribution in [3.05, 3.63) is 65.7 Å². The van der Waals surface area contributed by atoms with Crippen LogP contribution in [-0.4, -0.2) is 53.7 Å². The Kier molecular flexibility index (Phi) is 7.37. The third kappa shape index (κ3) is 5.98. The monoisotopic (exact) mass is 512 g/mol. The molecule has 0 bridgehead atoms. The topological polar surface area (TPSA) is 121 Å². The minimum atomic E-state index is -3.62. The molecule has 0 fully saturated rings. The third-order valence-corrected chi connectivity index (χ3v) is 8.24. The normalized spacial score (nSPS) is 16.9. The summed E-state index contributed by atoms with van der Waals surface area (Å²) < 4.78 is 36.2. The lowest BCUT2D eigenvalue weighted by atomic mass is 10.1. The van der Waals surface area contributed by atoms with Crippen molar-refractivity contribution in [1.82, 2.24) is 5.01 Å². The molecule has 2 aromatic carbocycles. The van der Waals surface area contributed by atoms with Gasteiger partial charge in [0, 0.05) is 0 Å². The van der Waals surface area contributed by atoms with Gasteiger partial charge in [-0.05, 0) is 53.6 Å². The van der Waals surface area contributed by atoms with E-state index >= 15 is 0 Å². The van der Waals surface area contributed by atoms with E-state index in [1.54, 1.807) is 38.1 Å². The van der Waals surface area contributed by atoms with E-state index in [9.17, 15) is 13.2 Å². The molecular formula is C24H24N4O5S2. The Bertz CT molecular complexity index is 1320. The van der Waals surface area contributed by atoms with Gasteiger partial charge in [0.15, 0.2) is 5.84 Å². The molecule has 2 aliphatic rings. The van der Waals surface area contributed by atoms with Gasteiger partial charge < -0.3 is 9.47 Å². The lowest BCUT2D eigenvalue weighted by Crippen LogP contribution is -2.35. The molecule has 182 valence electrons. The van der Waals surface area contributed by atoms with Gasteiger partial charge in [0.2, 0.25) is 19.4 Å². The SMILES string of the molecule is CC(C)CS(=O)(=O)C1=NN2C(=N)/C(=C\c3ccc(OCCOc4ccccc4)cc3)C(=O)N=C2S1. The van der Waals surface area contributed by atoms with Crippen LogP contribution in [0.1, 0.15) is 19.4 Å². The third-order valence-electron chi connectivity index (χ3n) is 4.81. The number of carbonyl (C=O) groups excluding carboxylic acids is 1. The van der Waals surface area contributed by atoms with Crippen molar-refractivity contribution in [2.45, 2.75) is 13.8 Å². The first-order valence-corrected chi connectivity index (χ1v) is 13.3. The number of hydrogen-bond donors (Lipinski definition) is 1. The van der Waals surface area contributed by atoms with E-state index in [2.05, 4.69) is 10.1 Å². The number of rotatable bonds is 8. The molecule has 1 N–H and O–H groups in total. The summed E-state index contributed by atoms with van der Waals surface area (Å²) in [6, 6.07) is 16.5. The Morgan fingerprint density at radius 3 is 2.29 bits per heavy atom. The van der Waals surface area contributed by atoms with Crippen LogP contribution >= 0.6 is 11.8 Å². The van der Waals surface area contributed by atoms with Crippen LogP contribution < -0.4 is 9.47 Å². The number of benzene rings is 2. The molecule has 2 aromatic rings. The molecule has 9 nitrogen and oxygen atoms in total. The van der Waals surface area contributed by atoms with Crippen LogP contribution in [-0.2, 0) is 14.6 Å². The molecule has 0 saturated heterocycles. The Labute approximate surface area is 208 Å². The van der Waals surface area contributed by atoms with Gasteiger partial charge in [-0.25, -0.2) is 8.42 Å². The van der Waals surface area contributed by atoms with Crippen molar-refractivity contribution >= 4 is 49.0 Å². The van der Waals surface area contributed by atoms with Crippen molar-refractivity contribution < 1.29 is 22.7 Å². The average Bonchev–Trinajstić information content (AvgIpc) is 3.26. The van der Waals surface area contributed by atoms with Crippen LogP contribution in [0.3, 0.4) is 0 Å². The first-order chi connectivity index (χ1) is 16.7. The summed E-state index contributed by atoms with van der Waals surface area (Å²) in [6.45, 7) is 4.35. The fourth-order valence-corrected chi connectivity index (χ4v) is 6.06. The maximum absolute atomic E-state index is 12.6. The van der Waals surface area contributed by atoms with Gasteiger partial charge in [0.05, 0.1) is 11.3 Å². The van der Waals surface area contributed by atoms with Crippen LogP contribution in [0.25, 0.3) is 6.08 Å². The van der Waals surface area contributed by atoms with Crippen molar-refractivity contribution in [2.24, 2.45) is 16.0 Å². The minimum Gasteiger partial charge on any atom is -0.490 e. The molecule has 35 heavy (non-hydrogen) atoms. The molecule has 0 aromatic heterocycles. The summed E-state index contributed by atoms with van der Waals surface area (Å²) in [5, 5.41) is 13.6. The number of hydrazone groups is 1. The average molecular weight is 513 g/mol. The van der Waals surface area contributed by atoms with Crippen molar-refractivity contribution in [1.29, 1.82) is 5.41 Å². The van der Waals surface area contributed by atoms with Gasteiger partial charge in [0.1, 0.15) is 24.7 Å². The Morgan fingerprint density at radius 2 is 1.66 bits per heavy atom. The van der Waals surface area contributed by atoms with Gasteiger partial charge in [-0.2, -0.15) is 10.0 Å². The van der Waals surface area contributed by atoms with Crippen molar-refractivity contribution in [3.8, 4) is 11.5 Å². The molecule has 0 atom stereocenters. The zero-order chi connectivity index (χ0) is 25.0. The largest absolute Gasteiger partial charge is 0.490 e. The van der Waals surface area contributed by atoms with Crippen molar-refractivity contribution in [2.75, 3.05) is 19.0 Å². The molecule has 1 amide bonds. The summed E-state index contributed by atoms with van der Waals surface area (Å²) in [7, 11) is -3.62. The second-order valence-corrected chi connectivity index (χ2v) is 11.3. The number of carbonyl (C=O) groups is 1. The molecule has 0 saturated carbocycles. The molecule has 0 unspecified atom stereocenters. The molecule has 0 aliphatic carbocycles. The van der Waals surface area contributed by atoms with Crippen LogP contribution in [0.4, 0.5) is 0 Å². The predicted molar refractivity (Wildman–Crippen MR) is 138 cm³/mol. The molecule has 0 spiro atoms. The summed E-state index contributed by atoms with van der Waals surface area (Å²) in [5.74, 6) is 0.410. The zero-order valence-electron chi connectivity index (χ0n) is 19.2. The minimum absolute atomic E-state index is 0.0190. The number of thioether (sulfide) groups is 1. The summed E-state index contributed by atoms with van der Waals surface area (Å²) in [4.78, 5) is 16.5. The number of amidine groups is 2. The van der Waals surface area contributed by atoms with Crippen LogP contribution in [0.2, 0.25) is 0 Å². The number of para-hydroxylation sites is 1. The molecule has 11 heteroatoms. The summed E-state index contributed by atoms with van der Waals surface area (Å²) in [5.41, 5.74) is 0.679. The molecule has 2 heterocycles. The lowest BCUT2D eigenvalue weighted by molar-refractivity contribution is -0.114. The van der Waals surface area contributed by atoms with Crippen LogP contribution in [0.5, 0.6) is 11.5 Å². The van der Waals surface area contributed by atoms with E-state index in [0.29, 0.717) is 24.5 Å². The fourth-order valence-electron chi connectivity index (χ4n) is 3.27. The number of nitrogens with one attached hydrogen (secondary N) is 1. The Morgan fingerprint density at radius 1 is 1.03 bits per heavy atom. The van der Waals surface area contributed by atoms with E-state index in [1.807, 2.05) is 30.3 Å². The first-order valence-electron chi connectivity index (χ1n) is 10.9. The summed E-state index contributed by atoms with van der Waals surface area (Å²) >= 11 is 0.792. The zero-order valence-corrected chi connectivity index (χ0v) is 20.8. The molecule has 2 aliphatic heterocycles. The highest BCUT2D eigenvalue weighted by molar-refractivity contribution is 8.42. The van der Waals surface area contributed by atoms with E-state index in [4.69, 9.17) is 14.9 Å². The second kappa shape index (κ2) is 10.4. The maximum atomic E-state index is 12.6. The second-order valence-electron chi connectivity index (χ2n) is 8.14. The Hall–Kier alpha value is -3.44. The number of fused-ring (bicyclic) bond motifs is 1. The summed E-state index contributed by atoms with van der Waals surface area (Å²) in [6.07, 6.45) is 1.52. The number of sulfone groups is 1. The molecular weight excluding hydrogens is 488 g/mol. The number of aliphatic imine (C=N–C) groups is 1. The van der Waals surface area contributed by atoms with Crippen LogP contribution in [0.15, 0.2) is 70.3 Å². The van der Waals surface area contributed by atoms with E-state index in [0.717, 1.165) is 22.5 Å². The highest BCUT2D eigenvalue weighted by atomic mass is 32.3. The standard InChI is InChI=1S/C24H24N4O5S2/c1-16(2)15-35(30,31)24-27-28-21(25)20(22(29)26-23(28)34-24)14-17-8-10-19(11-9-17)33-13-12-32-18-6-4-3-5-7-18/h3-11,14,16,25H,12-13,15H2,1-2H3/b20-14+,25-21?. The highest BCUT2D eigenvalue weighted by Gasteiger charge is 2.39. The molecule has 4 rings (SSSR count). The van der Waals surface area contributed by atoms with Gasteiger partial charge in [-0.1, -0.05) is 44.2 Å². The van der Waals surface area contributed by atoms with Crippen LogP contribution in [0, 0.1) is 11.3 Å². The highest BCUT2D eigenvalue weighted by Crippen LogP contribution is 2.31. The van der Waals surface area contributed by atoms with Gasteiger partial charge in [0.25, 0.3) is 5.91 Å². The van der Waals surface area contributed by atoms with Gasteiger partial charge in [-0.15, -0.1) is 5.10 Å². The fraction of sp³-hybridized carbons (Fsp3) is 0.250. The number of ether oxygens (including phenoxy) is 2. The number of nitrogens with zero attached hydrogens (tertiary/aromatic N) is 3. The predicted octanol–water partition coefficient (Wildman–Crippen LogP) is 3.79. The number of hydrogen-bond acceptors (Lipinski definition) is 8. The quantitative estimate of drug-likeness (QED) is 0.422. The maximum Gasteiger partial charge on any atom is 0.283 e. The smallest absolute Gasteiger partial charge is 0.283 e. The number of amides is 1. The Balaban J connectivity index is 1.41.